The van der Waals surface area contributed by atoms with Crippen LogP contribution in [0.15, 0.2) is 17.6 Å². The van der Waals surface area contributed by atoms with Gasteiger partial charge in [0.05, 0.1) is 12.7 Å². The lowest BCUT2D eigenvalue weighted by atomic mass is 10.3. The van der Waals surface area contributed by atoms with Crippen molar-refractivity contribution in [1.82, 2.24) is 25.4 Å². The normalized spacial score (nSPS) is 17.9. The van der Waals surface area contributed by atoms with Gasteiger partial charge in [-0.3, -0.25) is 0 Å². The molecule has 1 fully saturated rings. The van der Waals surface area contributed by atoms with E-state index in [2.05, 4.69) is 32.4 Å². The molecule has 8 heteroatoms. The second kappa shape index (κ2) is 10.0. The van der Waals surface area contributed by atoms with Gasteiger partial charge in [-0.2, -0.15) is 0 Å². The highest BCUT2D eigenvalue weighted by atomic mass is 16.5. The molecule has 8 nitrogen and oxygen atoms in total. The molecule has 24 heavy (non-hydrogen) atoms. The number of aliphatic imine (C=N–C) groups is 1. The molecule has 2 heterocycles. The lowest BCUT2D eigenvalue weighted by Crippen LogP contribution is -2.38. The van der Waals surface area contributed by atoms with Gasteiger partial charge < -0.3 is 24.7 Å². The number of ether oxygens (including phenoxy) is 2. The summed E-state index contributed by atoms with van der Waals surface area (Å²) in [6, 6.07) is 0. The second-order valence-corrected chi connectivity index (χ2v) is 5.69. The molecule has 0 aliphatic carbocycles. The molecule has 1 aromatic heterocycles. The molecule has 0 aromatic carbocycles. The lowest BCUT2D eigenvalue weighted by molar-refractivity contribution is 0.0420. The minimum Gasteiger partial charge on any atom is -0.379 e. The van der Waals surface area contributed by atoms with Crippen molar-refractivity contribution in [3.8, 4) is 0 Å². The maximum atomic E-state index is 5.75. The minimum atomic E-state index is 0.260. The maximum Gasteiger partial charge on any atom is 0.191 e. The van der Waals surface area contributed by atoms with Gasteiger partial charge in [-0.05, 0) is 19.8 Å². The highest BCUT2D eigenvalue weighted by molar-refractivity contribution is 5.79. The molecule has 1 atom stereocenters. The van der Waals surface area contributed by atoms with Crippen molar-refractivity contribution in [2.24, 2.45) is 12.0 Å². The third kappa shape index (κ3) is 5.93. The molecular formula is C16H28N6O2. The molecule has 2 rings (SSSR count). The van der Waals surface area contributed by atoms with Crippen molar-refractivity contribution in [3.05, 3.63) is 24.3 Å². The molecule has 1 aliphatic rings. The molecule has 0 spiro atoms. The van der Waals surface area contributed by atoms with E-state index in [0.717, 1.165) is 56.8 Å². The predicted octanol–water partition coefficient (Wildman–Crippen LogP) is 0.540. The van der Waals surface area contributed by atoms with Gasteiger partial charge in [0.15, 0.2) is 11.8 Å². The predicted molar refractivity (Wildman–Crippen MR) is 92.9 cm³/mol. The van der Waals surface area contributed by atoms with Gasteiger partial charge in [-0.15, -0.1) is 16.8 Å². The zero-order valence-corrected chi connectivity index (χ0v) is 14.6. The monoisotopic (exact) mass is 336 g/mol. The van der Waals surface area contributed by atoms with Crippen LogP contribution in [0.2, 0.25) is 0 Å². The third-order valence-electron chi connectivity index (χ3n) is 3.83. The smallest absolute Gasteiger partial charge is 0.191 e. The summed E-state index contributed by atoms with van der Waals surface area (Å²) in [5.41, 5.74) is 0. The van der Waals surface area contributed by atoms with Gasteiger partial charge in [0, 0.05) is 33.4 Å². The number of nitrogens with one attached hydrogen (secondary N) is 2. The van der Waals surface area contributed by atoms with E-state index in [1.165, 1.54) is 0 Å². The number of nitrogens with zero attached hydrogens (tertiary/aromatic N) is 4. The first kappa shape index (κ1) is 18.4. The Morgan fingerprint density at radius 2 is 2.38 bits per heavy atom. The maximum absolute atomic E-state index is 5.75. The van der Waals surface area contributed by atoms with Crippen molar-refractivity contribution in [1.29, 1.82) is 0 Å². The first-order valence-corrected chi connectivity index (χ1v) is 8.38. The van der Waals surface area contributed by atoms with E-state index < -0.39 is 0 Å². The van der Waals surface area contributed by atoms with Crippen LogP contribution < -0.4 is 10.6 Å². The van der Waals surface area contributed by atoms with E-state index >= 15 is 0 Å². The molecule has 1 aromatic rings. The number of hydrogen-bond acceptors (Lipinski definition) is 5. The number of rotatable bonds is 9. The van der Waals surface area contributed by atoms with Crippen molar-refractivity contribution < 1.29 is 9.47 Å². The largest absolute Gasteiger partial charge is 0.379 e. The molecule has 0 amide bonds. The van der Waals surface area contributed by atoms with Gasteiger partial charge in [0.1, 0.15) is 12.4 Å². The van der Waals surface area contributed by atoms with E-state index in [1.807, 2.05) is 18.5 Å². The summed E-state index contributed by atoms with van der Waals surface area (Å²) >= 11 is 0. The SMILES string of the molecule is C=CCNC(=NCc1nnc(C)n1C)NCCCOC1CCOC1. The molecule has 1 unspecified atom stereocenters. The van der Waals surface area contributed by atoms with Crippen molar-refractivity contribution in [3.63, 3.8) is 0 Å². The summed E-state index contributed by atoms with van der Waals surface area (Å²) in [6.07, 6.45) is 3.97. The van der Waals surface area contributed by atoms with E-state index in [0.29, 0.717) is 13.1 Å². The Kier molecular flexibility index (Phi) is 7.70. The van der Waals surface area contributed by atoms with Gasteiger partial charge in [0.25, 0.3) is 0 Å². The highest BCUT2D eigenvalue weighted by Crippen LogP contribution is 2.07. The van der Waals surface area contributed by atoms with Gasteiger partial charge >= 0.3 is 0 Å². The Morgan fingerprint density at radius 3 is 3.04 bits per heavy atom. The zero-order chi connectivity index (χ0) is 17.2. The Hall–Kier alpha value is -1.93. The summed E-state index contributed by atoms with van der Waals surface area (Å²) in [4.78, 5) is 4.54. The fraction of sp³-hybridized carbons (Fsp3) is 0.688. The standard InChI is InChI=1S/C16H28N6O2/c1-4-7-17-16(19-11-15-21-20-13(2)22(15)3)18-8-5-9-24-14-6-10-23-12-14/h4,14H,1,5-12H2,2-3H3,(H2,17,18,19). The van der Waals surface area contributed by atoms with Gasteiger partial charge in [-0.25, -0.2) is 4.99 Å². The van der Waals surface area contributed by atoms with Crippen molar-refractivity contribution >= 4 is 5.96 Å². The van der Waals surface area contributed by atoms with E-state index in [1.54, 1.807) is 6.08 Å². The molecule has 1 aliphatic heterocycles. The number of guanidine groups is 1. The minimum absolute atomic E-state index is 0.260. The third-order valence-corrected chi connectivity index (χ3v) is 3.83. The summed E-state index contributed by atoms with van der Waals surface area (Å²) in [7, 11) is 1.94. The molecule has 1 saturated heterocycles. The van der Waals surface area contributed by atoms with Crippen LogP contribution in [-0.4, -0.2) is 59.7 Å². The van der Waals surface area contributed by atoms with Gasteiger partial charge in [0.2, 0.25) is 0 Å². The Morgan fingerprint density at radius 1 is 1.50 bits per heavy atom. The van der Waals surface area contributed by atoms with Crippen LogP contribution >= 0.6 is 0 Å². The molecule has 0 bridgehead atoms. The Balaban J connectivity index is 1.73. The fourth-order valence-corrected chi connectivity index (χ4v) is 2.25. The lowest BCUT2D eigenvalue weighted by Gasteiger charge is -2.13. The summed E-state index contributed by atoms with van der Waals surface area (Å²) in [6.45, 7) is 9.80. The van der Waals surface area contributed by atoms with Crippen LogP contribution in [-0.2, 0) is 23.1 Å². The number of hydrogen-bond donors (Lipinski definition) is 2. The van der Waals surface area contributed by atoms with Gasteiger partial charge in [-0.1, -0.05) is 6.08 Å². The number of aromatic nitrogens is 3. The van der Waals surface area contributed by atoms with Crippen LogP contribution in [0.25, 0.3) is 0 Å². The van der Waals surface area contributed by atoms with Crippen molar-refractivity contribution in [2.75, 3.05) is 32.9 Å². The van der Waals surface area contributed by atoms with E-state index in [9.17, 15) is 0 Å². The average Bonchev–Trinajstić information content (AvgIpc) is 3.21. The molecule has 0 radical (unpaired) electrons. The van der Waals surface area contributed by atoms with E-state index in [4.69, 9.17) is 9.47 Å². The fourth-order valence-electron chi connectivity index (χ4n) is 2.25. The quantitative estimate of drug-likeness (QED) is 0.296. The second-order valence-electron chi connectivity index (χ2n) is 5.69. The molecule has 134 valence electrons. The Labute approximate surface area is 143 Å². The van der Waals surface area contributed by atoms with Crippen molar-refractivity contribution in [2.45, 2.75) is 32.4 Å². The highest BCUT2D eigenvalue weighted by Gasteiger charge is 2.15. The van der Waals surface area contributed by atoms with E-state index in [-0.39, 0.29) is 6.10 Å². The Bertz CT molecular complexity index is 537. The molecular weight excluding hydrogens is 308 g/mol. The topological polar surface area (TPSA) is 85.6 Å². The zero-order valence-electron chi connectivity index (χ0n) is 14.6. The van der Waals surface area contributed by atoms with Crippen LogP contribution in [0.3, 0.4) is 0 Å². The molecule has 0 saturated carbocycles. The van der Waals surface area contributed by atoms with Crippen LogP contribution in [0, 0.1) is 6.92 Å². The summed E-state index contributed by atoms with van der Waals surface area (Å²) in [5.74, 6) is 2.44. The van der Waals surface area contributed by atoms with Crippen LogP contribution in [0.4, 0.5) is 0 Å². The first-order chi connectivity index (χ1) is 11.7. The molecule has 2 N–H and O–H groups in total. The first-order valence-electron chi connectivity index (χ1n) is 8.38. The summed E-state index contributed by atoms with van der Waals surface area (Å²) < 4.78 is 13.0. The van der Waals surface area contributed by atoms with Crippen LogP contribution in [0.5, 0.6) is 0 Å². The average molecular weight is 336 g/mol. The van der Waals surface area contributed by atoms with Crippen LogP contribution in [0.1, 0.15) is 24.5 Å². The summed E-state index contributed by atoms with van der Waals surface area (Å²) in [5, 5.41) is 14.7. The number of aryl methyl sites for hydroxylation is 1.